The quantitative estimate of drug-likeness (QED) is 0.875. The van der Waals surface area contributed by atoms with Gasteiger partial charge in [-0.3, -0.25) is 9.78 Å². The Morgan fingerprint density at radius 3 is 2.40 bits per heavy atom. The lowest BCUT2D eigenvalue weighted by atomic mass is 9.91. The predicted octanol–water partition coefficient (Wildman–Crippen LogP) is 2.10. The van der Waals surface area contributed by atoms with E-state index < -0.39 is 17.8 Å². The molecule has 0 spiro atoms. The van der Waals surface area contributed by atoms with Crippen LogP contribution in [0.3, 0.4) is 0 Å². The van der Waals surface area contributed by atoms with Gasteiger partial charge in [-0.25, -0.2) is 0 Å². The number of carbonyl (C=O) groups is 1. The average Bonchev–Trinajstić information content (AvgIpc) is 2.40. The summed E-state index contributed by atoms with van der Waals surface area (Å²) in [4.78, 5) is 15.2. The number of pyridine rings is 1. The normalized spacial score (nSPS) is 23.4. The summed E-state index contributed by atoms with van der Waals surface area (Å²) in [6.07, 6.45) is -0.268. The molecule has 4 nitrogen and oxygen atoms in total. The molecule has 0 aromatic carbocycles. The molecule has 20 heavy (non-hydrogen) atoms. The second-order valence-corrected chi connectivity index (χ2v) is 5.02. The van der Waals surface area contributed by atoms with Crippen LogP contribution in [0, 0.1) is 0 Å². The number of hydrogen-bond donors (Lipinski definition) is 2. The number of aromatic nitrogens is 1. The second-order valence-electron chi connectivity index (χ2n) is 5.02. The van der Waals surface area contributed by atoms with Crippen molar-refractivity contribution in [2.24, 2.45) is 5.73 Å². The zero-order valence-corrected chi connectivity index (χ0v) is 10.8. The number of halogens is 3. The fraction of sp³-hybridized carbons (Fsp3) is 0.538. The maximum Gasteiger partial charge on any atom is 0.433 e. The number of carbonyl (C=O) groups excluding carboxylic acids is 1. The molecule has 1 aromatic heterocycles. The predicted molar refractivity (Wildman–Crippen MR) is 66.9 cm³/mol. The van der Waals surface area contributed by atoms with Crippen LogP contribution >= 0.6 is 0 Å². The van der Waals surface area contributed by atoms with Crippen molar-refractivity contribution in [1.29, 1.82) is 0 Å². The van der Waals surface area contributed by atoms with E-state index in [1.54, 1.807) is 0 Å². The van der Waals surface area contributed by atoms with Gasteiger partial charge in [-0.1, -0.05) is 0 Å². The summed E-state index contributed by atoms with van der Waals surface area (Å²) < 4.78 is 37.1. The van der Waals surface area contributed by atoms with Gasteiger partial charge >= 0.3 is 6.18 Å². The van der Waals surface area contributed by atoms with Gasteiger partial charge in [0.15, 0.2) is 0 Å². The minimum absolute atomic E-state index is 0.0320. The molecule has 1 aliphatic rings. The number of nitrogens with zero attached hydrogens (tertiary/aromatic N) is 1. The van der Waals surface area contributed by atoms with E-state index in [9.17, 15) is 18.0 Å². The summed E-state index contributed by atoms with van der Waals surface area (Å²) >= 11 is 0. The van der Waals surface area contributed by atoms with Crippen molar-refractivity contribution in [3.63, 3.8) is 0 Å². The molecule has 110 valence electrons. The summed E-state index contributed by atoms with van der Waals surface area (Å²) in [6, 6.07) is 2.16. The van der Waals surface area contributed by atoms with Crippen LogP contribution in [0.5, 0.6) is 0 Å². The van der Waals surface area contributed by atoms with Crippen LogP contribution in [0.25, 0.3) is 0 Å². The molecule has 2 rings (SSSR count). The lowest BCUT2D eigenvalue weighted by Crippen LogP contribution is -2.40. The number of hydrogen-bond acceptors (Lipinski definition) is 3. The summed E-state index contributed by atoms with van der Waals surface area (Å²) in [7, 11) is 0. The maximum absolute atomic E-state index is 12.4. The first-order chi connectivity index (χ1) is 9.36. The molecule has 0 bridgehead atoms. The number of alkyl halides is 3. The van der Waals surface area contributed by atoms with E-state index >= 15 is 0 Å². The molecule has 0 radical (unpaired) electrons. The third-order valence-corrected chi connectivity index (χ3v) is 3.42. The van der Waals surface area contributed by atoms with Gasteiger partial charge in [-0.2, -0.15) is 13.2 Å². The van der Waals surface area contributed by atoms with Crippen LogP contribution in [0.1, 0.15) is 41.7 Å². The number of nitrogens with two attached hydrogens (primary N) is 1. The van der Waals surface area contributed by atoms with Crippen molar-refractivity contribution in [2.75, 3.05) is 0 Å². The van der Waals surface area contributed by atoms with Gasteiger partial charge in [-0.05, 0) is 37.8 Å². The van der Waals surface area contributed by atoms with Crippen molar-refractivity contribution < 1.29 is 18.0 Å². The van der Waals surface area contributed by atoms with E-state index in [0.29, 0.717) is 0 Å². The van der Waals surface area contributed by atoms with Crippen LogP contribution in [-0.2, 0) is 6.18 Å². The third-order valence-electron chi connectivity index (χ3n) is 3.42. The van der Waals surface area contributed by atoms with Gasteiger partial charge in [0.05, 0.1) is 5.56 Å². The van der Waals surface area contributed by atoms with Crippen LogP contribution < -0.4 is 11.1 Å². The molecular weight excluding hydrogens is 271 g/mol. The third kappa shape index (κ3) is 3.69. The Kier molecular flexibility index (Phi) is 4.27. The van der Waals surface area contributed by atoms with Gasteiger partial charge in [0.1, 0.15) is 5.69 Å². The van der Waals surface area contributed by atoms with E-state index in [1.807, 2.05) is 0 Å². The fourth-order valence-electron chi connectivity index (χ4n) is 2.23. The van der Waals surface area contributed by atoms with Crippen molar-refractivity contribution in [1.82, 2.24) is 10.3 Å². The zero-order chi connectivity index (χ0) is 14.8. The van der Waals surface area contributed by atoms with Gasteiger partial charge in [-0.15, -0.1) is 0 Å². The first-order valence-corrected chi connectivity index (χ1v) is 6.46. The monoisotopic (exact) mass is 287 g/mol. The molecule has 3 N–H and O–H groups in total. The second kappa shape index (κ2) is 5.78. The Labute approximate surface area is 114 Å². The topological polar surface area (TPSA) is 68.0 Å². The number of rotatable bonds is 2. The lowest BCUT2D eigenvalue weighted by Gasteiger charge is -2.26. The van der Waals surface area contributed by atoms with Gasteiger partial charge < -0.3 is 11.1 Å². The smallest absolute Gasteiger partial charge is 0.349 e. The molecule has 1 heterocycles. The molecule has 1 aliphatic carbocycles. The molecule has 1 aromatic rings. The number of nitrogens with one attached hydrogen (secondary N) is 1. The van der Waals surface area contributed by atoms with Crippen molar-refractivity contribution in [3.05, 3.63) is 29.6 Å². The van der Waals surface area contributed by atoms with Crippen LogP contribution in [-0.4, -0.2) is 23.0 Å². The highest BCUT2D eigenvalue weighted by molar-refractivity contribution is 5.94. The number of amides is 1. The zero-order valence-electron chi connectivity index (χ0n) is 10.8. The van der Waals surface area contributed by atoms with E-state index in [2.05, 4.69) is 10.3 Å². The van der Waals surface area contributed by atoms with E-state index in [1.165, 1.54) is 0 Å². The minimum atomic E-state index is -4.49. The molecule has 1 saturated carbocycles. The summed E-state index contributed by atoms with van der Waals surface area (Å²) in [5.41, 5.74) is 4.90. The van der Waals surface area contributed by atoms with Gasteiger partial charge in [0.2, 0.25) is 0 Å². The molecule has 0 atom stereocenters. The first-order valence-electron chi connectivity index (χ1n) is 6.46. The van der Waals surface area contributed by atoms with Crippen molar-refractivity contribution in [3.8, 4) is 0 Å². The SMILES string of the molecule is NC1CCC(NC(=O)c2ccc(C(F)(F)F)nc2)CC1. The molecule has 0 aliphatic heterocycles. The Morgan fingerprint density at radius 1 is 1.25 bits per heavy atom. The summed E-state index contributed by atoms with van der Waals surface area (Å²) in [5, 5.41) is 2.80. The summed E-state index contributed by atoms with van der Waals surface area (Å²) in [6.45, 7) is 0. The van der Waals surface area contributed by atoms with Crippen LogP contribution in [0.4, 0.5) is 13.2 Å². The Bertz CT molecular complexity index is 465. The molecule has 1 fully saturated rings. The van der Waals surface area contributed by atoms with E-state index in [4.69, 9.17) is 5.73 Å². The van der Waals surface area contributed by atoms with Gasteiger partial charge in [0, 0.05) is 18.3 Å². The molecular formula is C13H16F3N3O. The minimum Gasteiger partial charge on any atom is -0.349 e. The van der Waals surface area contributed by atoms with Crippen molar-refractivity contribution >= 4 is 5.91 Å². The van der Waals surface area contributed by atoms with Crippen LogP contribution in [0.15, 0.2) is 18.3 Å². The van der Waals surface area contributed by atoms with Crippen molar-refractivity contribution in [2.45, 2.75) is 43.9 Å². The largest absolute Gasteiger partial charge is 0.433 e. The lowest BCUT2D eigenvalue weighted by molar-refractivity contribution is -0.141. The highest BCUT2D eigenvalue weighted by Gasteiger charge is 2.32. The van der Waals surface area contributed by atoms with E-state index in [0.717, 1.165) is 44.0 Å². The Hall–Kier alpha value is -1.63. The van der Waals surface area contributed by atoms with E-state index in [-0.39, 0.29) is 17.6 Å². The summed E-state index contributed by atoms with van der Waals surface area (Å²) in [5.74, 6) is -0.397. The fourth-order valence-corrected chi connectivity index (χ4v) is 2.23. The standard InChI is InChI=1S/C13H16F3N3O/c14-13(15,16)11-6-1-8(7-18-11)12(20)19-10-4-2-9(17)3-5-10/h1,6-7,9-10H,2-5,17H2,(H,19,20). The Balaban J connectivity index is 1.96. The molecule has 0 unspecified atom stereocenters. The molecule has 0 saturated heterocycles. The highest BCUT2D eigenvalue weighted by atomic mass is 19.4. The molecule has 7 heteroatoms. The van der Waals surface area contributed by atoms with Crippen LogP contribution in [0.2, 0.25) is 0 Å². The Morgan fingerprint density at radius 2 is 1.90 bits per heavy atom. The average molecular weight is 287 g/mol. The van der Waals surface area contributed by atoms with Gasteiger partial charge in [0.25, 0.3) is 5.91 Å². The molecule has 1 amide bonds. The maximum atomic E-state index is 12.4. The first kappa shape index (κ1) is 14.8. The highest BCUT2D eigenvalue weighted by Crippen LogP contribution is 2.27.